The Kier molecular flexibility index (Phi) is 5.74. The fourth-order valence-electron chi connectivity index (χ4n) is 1.36. The maximum atomic E-state index is 12.7. The SMILES string of the molecule is COc1ccc([C@@H](N)CN)c(C(F)(F)F)c1.Cl. The third kappa shape index (κ3) is 3.76. The van der Waals surface area contributed by atoms with Crippen LogP contribution in [0.5, 0.6) is 5.75 Å². The van der Waals surface area contributed by atoms with E-state index < -0.39 is 17.8 Å². The quantitative estimate of drug-likeness (QED) is 0.884. The van der Waals surface area contributed by atoms with Crippen molar-refractivity contribution in [3.05, 3.63) is 29.3 Å². The lowest BCUT2D eigenvalue weighted by Gasteiger charge is -2.17. The molecule has 1 aromatic carbocycles. The molecule has 1 aromatic rings. The first-order chi connectivity index (χ1) is 7.40. The average Bonchev–Trinajstić information content (AvgIpc) is 2.26. The molecule has 0 aliphatic heterocycles. The second-order valence-electron chi connectivity index (χ2n) is 3.29. The van der Waals surface area contributed by atoms with Crippen molar-refractivity contribution < 1.29 is 17.9 Å². The van der Waals surface area contributed by atoms with E-state index in [4.69, 9.17) is 16.2 Å². The predicted octanol–water partition coefficient (Wildman–Crippen LogP) is 2.09. The highest BCUT2D eigenvalue weighted by Crippen LogP contribution is 2.36. The zero-order valence-corrected chi connectivity index (χ0v) is 9.94. The highest BCUT2D eigenvalue weighted by Gasteiger charge is 2.34. The van der Waals surface area contributed by atoms with Gasteiger partial charge >= 0.3 is 6.18 Å². The normalized spacial score (nSPS) is 12.8. The zero-order chi connectivity index (χ0) is 12.3. The molecule has 17 heavy (non-hydrogen) atoms. The van der Waals surface area contributed by atoms with E-state index >= 15 is 0 Å². The Hall–Kier alpha value is -0.980. The first-order valence-electron chi connectivity index (χ1n) is 4.61. The summed E-state index contributed by atoms with van der Waals surface area (Å²) in [6, 6.07) is 2.81. The van der Waals surface area contributed by atoms with E-state index in [2.05, 4.69) is 0 Å². The summed E-state index contributed by atoms with van der Waals surface area (Å²) in [6.45, 7) is -0.0462. The molecule has 1 rings (SSSR count). The molecule has 0 bridgehead atoms. The summed E-state index contributed by atoms with van der Waals surface area (Å²) in [7, 11) is 1.30. The molecule has 4 N–H and O–H groups in total. The summed E-state index contributed by atoms with van der Waals surface area (Å²) in [5.41, 5.74) is 9.96. The maximum absolute atomic E-state index is 12.7. The smallest absolute Gasteiger partial charge is 0.416 e. The molecule has 0 saturated carbocycles. The Morgan fingerprint density at radius 1 is 1.35 bits per heavy atom. The van der Waals surface area contributed by atoms with E-state index in [9.17, 15) is 13.2 Å². The second kappa shape index (κ2) is 6.09. The monoisotopic (exact) mass is 270 g/mol. The van der Waals surface area contributed by atoms with E-state index in [1.54, 1.807) is 0 Å². The number of ether oxygens (including phenoxy) is 1. The average molecular weight is 271 g/mol. The van der Waals surface area contributed by atoms with Gasteiger partial charge in [-0.1, -0.05) is 6.07 Å². The van der Waals surface area contributed by atoms with Crippen LogP contribution in [0.2, 0.25) is 0 Å². The Morgan fingerprint density at radius 3 is 2.35 bits per heavy atom. The van der Waals surface area contributed by atoms with Crippen LogP contribution in [0.1, 0.15) is 17.2 Å². The molecule has 0 aromatic heterocycles. The maximum Gasteiger partial charge on any atom is 0.416 e. The van der Waals surface area contributed by atoms with Gasteiger partial charge in [-0.15, -0.1) is 12.4 Å². The third-order valence-corrected chi connectivity index (χ3v) is 2.22. The minimum Gasteiger partial charge on any atom is -0.497 e. The summed E-state index contributed by atoms with van der Waals surface area (Å²) in [5.74, 6) is 0.139. The lowest BCUT2D eigenvalue weighted by molar-refractivity contribution is -0.138. The molecule has 0 radical (unpaired) electrons. The molecule has 0 unspecified atom stereocenters. The van der Waals surface area contributed by atoms with Gasteiger partial charge in [-0.25, -0.2) is 0 Å². The predicted molar refractivity (Wildman–Crippen MR) is 61.2 cm³/mol. The number of halogens is 4. The molecule has 3 nitrogen and oxygen atoms in total. The number of alkyl halides is 3. The van der Waals surface area contributed by atoms with Crippen molar-refractivity contribution in [3.8, 4) is 5.75 Å². The van der Waals surface area contributed by atoms with Gasteiger partial charge in [-0.05, 0) is 17.7 Å². The summed E-state index contributed by atoms with van der Waals surface area (Å²) >= 11 is 0. The van der Waals surface area contributed by atoms with Crippen molar-refractivity contribution in [2.24, 2.45) is 11.5 Å². The molecular weight excluding hydrogens is 257 g/mol. The minimum absolute atomic E-state index is 0. The summed E-state index contributed by atoms with van der Waals surface area (Å²) in [5, 5.41) is 0. The molecule has 0 aliphatic carbocycles. The van der Waals surface area contributed by atoms with Gasteiger partial charge in [-0.3, -0.25) is 0 Å². The highest BCUT2D eigenvalue weighted by atomic mass is 35.5. The van der Waals surface area contributed by atoms with Crippen LogP contribution in [-0.4, -0.2) is 13.7 Å². The Balaban J connectivity index is 0.00000256. The largest absolute Gasteiger partial charge is 0.497 e. The van der Waals surface area contributed by atoms with Crippen molar-refractivity contribution in [2.45, 2.75) is 12.2 Å². The van der Waals surface area contributed by atoms with E-state index in [-0.39, 0.29) is 30.3 Å². The lowest BCUT2D eigenvalue weighted by Crippen LogP contribution is -2.24. The number of hydrogen-bond donors (Lipinski definition) is 2. The third-order valence-electron chi connectivity index (χ3n) is 2.22. The first-order valence-corrected chi connectivity index (χ1v) is 4.61. The standard InChI is InChI=1S/C10H13F3N2O.ClH/c1-16-6-2-3-7(9(15)5-14)8(4-6)10(11,12)13;/h2-4,9H,5,14-15H2,1H3;1H/t9-;/m0./s1. The van der Waals surface area contributed by atoms with Gasteiger partial charge in [0, 0.05) is 12.6 Å². The van der Waals surface area contributed by atoms with Crippen LogP contribution in [0, 0.1) is 0 Å². The Labute approximate surface area is 103 Å². The summed E-state index contributed by atoms with van der Waals surface area (Å²) in [4.78, 5) is 0. The van der Waals surface area contributed by atoms with Gasteiger partial charge in [0.1, 0.15) is 5.75 Å². The van der Waals surface area contributed by atoms with Crippen LogP contribution in [0.25, 0.3) is 0 Å². The highest BCUT2D eigenvalue weighted by molar-refractivity contribution is 5.85. The van der Waals surface area contributed by atoms with Gasteiger partial charge < -0.3 is 16.2 Å². The van der Waals surface area contributed by atoms with Gasteiger partial charge in [0.2, 0.25) is 0 Å². The van der Waals surface area contributed by atoms with Gasteiger partial charge in [0.25, 0.3) is 0 Å². The molecule has 7 heteroatoms. The van der Waals surface area contributed by atoms with Crippen LogP contribution in [-0.2, 0) is 6.18 Å². The fraction of sp³-hybridized carbons (Fsp3) is 0.400. The van der Waals surface area contributed by atoms with E-state index in [1.807, 2.05) is 0 Å². The molecule has 0 heterocycles. The van der Waals surface area contributed by atoms with Crippen molar-refractivity contribution in [3.63, 3.8) is 0 Å². The van der Waals surface area contributed by atoms with E-state index in [1.165, 1.54) is 19.2 Å². The molecule has 0 amide bonds. The molecule has 98 valence electrons. The minimum atomic E-state index is -4.46. The Bertz CT molecular complexity index is 371. The summed E-state index contributed by atoms with van der Waals surface area (Å²) in [6.07, 6.45) is -4.46. The zero-order valence-electron chi connectivity index (χ0n) is 9.12. The van der Waals surface area contributed by atoms with Gasteiger partial charge in [0.15, 0.2) is 0 Å². The van der Waals surface area contributed by atoms with Crippen molar-refractivity contribution in [1.29, 1.82) is 0 Å². The van der Waals surface area contributed by atoms with Crippen molar-refractivity contribution in [1.82, 2.24) is 0 Å². The Morgan fingerprint density at radius 2 is 1.94 bits per heavy atom. The van der Waals surface area contributed by atoms with Crippen LogP contribution >= 0.6 is 12.4 Å². The van der Waals surface area contributed by atoms with Crippen molar-refractivity contribution in [2.75, 3.05) is 13.7 Å². The molecule has 0 spiro atoms. The summed E-state index contributed by atoms with van der Waals surface area (Å²) < 4.78 is 42.9. The lowest BCUT2D eigenvalue weighted by atomic mass is 10.00. The van der Waals surface area contributed by atoms with Crippen LogP contribution in [0.15, 0.2) is 18.2 Å². The van der Waals surface area contributed by atoms with Crippen LogP contribution < -0.4 is 16.2 Å². The molecule has 0 fully saturated rings. The van der Waals surface area contributed by atoms with Crippen LogP contribution in [0.4, 0.5) is 13.2 Å². The molecular formula is C10H14ClF3N2O. The van der Waals surface area contributed by atoms with Gasteiger partial charge in [0.05, 0.1) is 12.7 Å². The van der Waals surface area contributed by atoms with Crippen molar-refractivity contribution >= 4 is 12.4 Å². The van der Waals surface area contributed by atoms with Crippen LogP contribution in [0.3, 0.4) is 0 Å². The first kappa shape index (κ1) is 16.0. The number of nitrogens with two attached hydrogens (primary N) is 2. The molecule has 0 aliphatic rings. The van der Waals surface area contributed by atoms with E-state index in [0.29, 0.717) is 0 Å². The van der Waals surface area contributed by atoms with Gasteiger partial charge in [-0.2, -0.15) is 13.2 Å². The molecule has 1 atom stereocenters. The fourth-order valence-corrected chi connectivity index (χ4v) is 1.36. The number of hydrogen-bond acceptors (Lipinski definition) is 3. The number of methoxy groups -OCH3 is 1. The number of benzene rings is 1. The van der Waals surface area contributed by atoms with E-state index in [0.717, 1.165) is 6.07 Å². The topological polar surface area (TPSA) is 61.3 Å². The number of rotatable bonds is 3. The second-order valence-corrected chi connectivity index (χ2v) is 3.29. The molecule has 0 saturated heterocycles.